The molecule has 0 saturated heterocycles. The fourth-order valence-electron chi connectivity index (χ4n) is 1.24. The Bertz CT molecular complexity index is 464. The van der Waals surface area contributed by atoms with Gasteiger partial charge in [-0.2, -0.15) is 4.37 Å². The van der Waals surface area contributed by atoms with E-state index in [-0.39, 0.29) is 5.78 Å². The molecule has 1 aromatic carbocycles. The predicted molar refractivity (Wildman–Crippen MR) is 59.7 cm³/mol. The number of ketones is 1. The zero-order chi connectivity index (χ0) is 10.7. The first kappa shape index (κ1) is 9.98. The molecule has 0 fully saturated rings. The molecule has 0 unspecified atom stereocenters. The molecule has 0 amide bonds. The largest absolute Gasteiger partial charge is 0.300 e. The highest BCUT2D eigenvalue weighted by atomic mass is 32.1. The quantitative estimate of drug-likeness (QED) is 0.794. The second kappa shape index (κ2) is 4.31. The Kier molecular flexibility index (Phi) is 2.87. The predicted octanol–water partition coefficient (Wildman–Crippen LogP) is 2.34. The van der Waals surface area contributed by atoms with Crippen LogP contribution < -0.4 is 0 Å². The van der Waals surface area contributed by atoms with E-state index in [2.05, 4.69) is 9.36 Å². The van der Waals surface area contributed by atoms with Crippen molar-refractivity contribution in [3.8, 4) is 11.4 Å². The van der Waals surface area contributed by atoms with Gasteiger partial charge in [0, 0.05) is 5.56 Å². The molecular formula is C11H10N2OS. The van der Waals surface area contributed by atoms with E-state index in [1.54, 1.807) is 6.92 Å². The maximum atomic E-state index is 10.9. The Hall–Kier alpha value is -1.55. The standard InChI is InChI=1S/C11H10N2OS/c1-8(14)7-10-12-11(13-15-10)9-5-3-2-4-6-9/h2-6H,7H2,1H3. The summed E-state index contributed by atoms with van der Waals surface area (Å²) in [6.45, 7) is 1.56. The van der Waals surface area contributed by atoms with Crippen LogP contribution in [-0.4, -0.2) is 15.1 Å². The first-order valence-electron chi connectivity index (χ1n) is 4.63. The van der Waals surface area contributed by atoms with Crippen LogP contribution in [-0.2, 0) is 11.2 Å². The molecule has 3 nitrogen and oxygen atoms in total. The average Bonchev–Trinajstić information content (AvgIpc) is 2.67. The van der Waals surface area contributed by atoms with Crippen LogP contribution in [0.25, 0.3) is 11.4 Å². The maximum absolute atomic E-state index is 10.9. The Labute approximate surface area is 92.0 Å². The van der Waals surface area contributed by atoms with Crippen LogP contribution in [0.5, 0.6) is 0 Å². The van der Waals surface area contributed by atoms with E-state index >= 15 is 0 Å². The van der Waals surface area contributed by atoms with E-state index < -0.39 is 0 Å². The normalized spacial score (nSPS) is 10.2. The molecule has 1 heterocycles. The van der Waals surface area contributed by atoms with Crippen molar-refractivity contribution in [2.24, 2.45) is 0 Å². The molecule has 0 bridgehead atoms. The zero-order valence-corrected chi connectivity index (χ0v) is 9.12. The highest BCUT2D eigenvalue weighted by Crippen LogP contribution is 2.17. The summed E-state index contributed by atoms with van der Waals surface area (Å²) in [4.78, 5) is 15.2. The highest BCUT2D eigenvalue weighted by molar-refractivity contribution is 7.05. The van der Waals surface area contributed by atoms with Crippen LogP contribution >= 0.6 is 11.5 Å². The van der Waals surface area contributed by atoms with Gasteiger partial charge in [0.2, 0.25) is 0 Å². The summed E-state index contributed by atoms with van der Waals surface area (Å²) in [5, 5.41) is 0.779. The van der Waals surface area contributed by atoms with Gasteiger partial charge in [-0.3, -0.25) is 4.79 Å². The van der Waals surface area contributed by atoms with Gasteiger partial charge in [0.15, 0.2) is 5.82 Å². The summed E-state index contributed by atoms with van der Waals surface area (Å²) in [7, 11) is 0. The zero-order valence-electron chi connectivity index (χ0n) is 8.30. The van der Waals surface area contributed by atoms with Crippen molar-refractivity contribution in [3.63, 3.8) is 0 Å². The molecule has 0 aliphatic carbocycles. The summed E-state index contributed by atoms with van der Waals surface area (Å²) in [5.41, 5.74) is 0.989. The molecule has 15 heavy (non-hydrogen) atoms. The molecule has 0 aliphatic heterocycles. The van der Waals surface area contributed by atoms with Crippen LogP contribution in [0, 0.1) is 0 Å². The Morgan fingerprint density at radius 1 is 1.33 bits per heavy atom. The summed E-state index contributed by atoms with van der Waals surface area (Å²) < 4.78 is 4.22. The summed E-state index contributed by atoms with van der Waals surface area (Å²) in [6.07, 6.45) is 0.379. The molecule has 2 aromatic rings. The van der Waals surface area contributed by atoms with E-state index in [9.17, 15) is 4.79 Å². The lowest BCUT2D eigenvalue weighted by Crippen LogP contribution is -1.95. The fourth-order valence-corrected chi connectivity index (χ4v) is 1.98. The molecular weight excluding hydrogens is 208 g/mol. The smallest absolute Gasteiger partial charge is 0.173 e. The molecule has 76 valence electrons. The van der Waals surface area contributed by atoms with Crippen molar-refractivity contribution < 1.29 is 4.79 Å². The molecule has 2 rings (SSSR count). The van der Waals surface area contributed by atoms with Crippen LogP contribution in [0.4, 0.5) is 0 Å². The number of aromatic nitrogens is 2. The molecule has 0 aliphatic rings. The number of benzene rings is 1. The van der Waals surface area contributed by atoms with Gasteiger partial charge in [-0.1, -0.05) is 30.3 Å². The van der Waals surface area contributed by atoms with E-state index in [0.29, 0.717) is 12.2 Å². The van der Waals surface area contributed by atoms with Gasteiger partial charge in [0.25, 0.3) is 0 Å². The molecule has 0 saturated carbocycles. The van der Waals surface area contributed by atoms with Crippen molar-refractivity contribution in [3.05, 3.63) is 35.3 Å². The first-order valence-corrected chi connectivity index (χ1v) is 5.40. The Morgan fingerprint density at radius 3 is 2.73 bits per heavy atom. The third-order valence-corrected chi connectivity index (χ3v) is 2.61. The van der Waals surface area contributed by atoms with Crippen LogP contribution in [0.2, 0.25) is 0 Å². The summed E-state index contributed by atoms with van der Waals surface area (Å²) in [5.74, 6) is 0.822. The highest BCUT2D eigenvalue weighted by Gasteiger charge is 2.07. The minimum Gasteiger partial charge on any atom is -0.300 e. The SMILES string of the molecule is CC(=O)Cc1nc(-c2ccccc2)ns1. The third kappa shape index (κ3) is 2.47. The number of hydrogen-bond acceptors (Lipinski definition) is 4. The van der Waals surface area contributed by atoms with E-state index in [4.69, 9.17) is 0 Å². The van der Waals surface area contributed by atoms with Crippen molar-refractivity contribution in [2.75, 3.05) is 0 Å². The van der Waals surface area contributed by atoms with E-state index in [1.165, 1.54) is 11.5 Å². The molecule has 0 spiro atoms. The van der Waals surface area contributed by atoms with Gasteiger partial charge < -0.3 is 0 Å². The van der Waals surface area contributed by atoms with Gasteiger partial charge in [-0.25, -0.2) is 4.98 Å². The first-order chi connectivity index (χ1) is 7.25. The van der Waals surface area contributed by atoms with Gasteiger partial charge in [0.1, 0.15) is 10.8 Å². The number of nitrogens with zero attached hydrogens (tertiary/aromatic N) is 2. The van der Waals surface area contributed by atoms with Gasteiger partial charge in [-0.15, -0.1) is 0 Å². The Morgan fingerprint density at radius 2 is 2.07 bits per heavy atom. The number of carbonyl (C=O) groups is 1. The van der Waals surface area contributed by atoms with Gasteiger partial charge in [-0.05, 0) is 18.5 Å². The number of rotatable bonds is 3. The number of Topliss-reactive ketones (excluding diaryl/α,β-unsaturated/α-hetero) is 1. The monoisotopic (exact) mass is 218 g/mol. The van der Waals surface area contributed by atoms with Crippen molar-refractivity contribution in [1.29, 1.82) is 0 Å². The number of carbonyl (C=O) groups excluding carboxylic acids is 1. The lowest BCUT2D eigenvalue weighted by atomic mass is 10.2. The molecule has 1 aromatic heterocycles. The van der Waals surface area contributed by atoms with Crippen LogP contribution in [0.3, 0.4) is 0 Å². The minimum absolute atomic E-state index is 0.116. The molecule has 4 heteroatoms. The molecule has 0 radical (unpaired) electrons. The van der Waals surface area contributed by atoms with Gasteiger partial charge >= 0.3 is 0 Å². The van der Waals surface area contributed by atoms with E-state index in [0.717, 1.165) is 10.6 Å². The second-order valence-electron chi connectivity index (χ2n) is 3.26. The fraction of sp³-hybridized carbons (Fsp3) is 0.182. The van der Waals surface area contributed by atoms with Crippen LogP contribution in [0.1, 0.15) is 11.9 Å². The average molecular weight is 218 g/mol. The topological polar surface area (TPSA) is 42.9 Å². The third-order valence-electron chi connectivity index (χ3n) is 1.90. The molecule has 0 N–H and O–H groups in total. The maximum Gasteiger partial charge on any atom is 0.173 e. The Balaban J connectivity index is 2.24. The van der Waals surface area contributed by atoms with Crippen LogP contribution in [0.15, 0.2) is 30.3 Å². The minimum atomic E-state index is 0.116. The van der Waals surface area contributed by atoms with Crippen molar-refractivity contribution in [1.82, 2.24) is 9.36 Å². The van der Waals surface area contributed by atoms with Crippen molar-refractivity contribution in [2.45, 2.75) is 13.3 Å². The lowest BCUT2D eigenvalue weighted by molar-refractivity contribution is -0.116. The second-order valence-corrected chi connectivity index (χ2v) is 4.09. The van der Waals surface area contributed by atoms with Gasteiger partial charge in [0.05, 0.1) is 6.42 Å². The summed E-state index contributed by atoms with van der Waals surface area (Å²) >= 11 is 1.29. The lowest BCUT2D eigenvalue weighted by Gasteiger charge is -1.92. The van der Waals surface area contributed by atoms with E-state index in [1.807, 2.05) is 30.3 Å². The summed E-state index contributed by atoms with van der Waals surface area (Å²) in [6, 6.07) is 9.76. The molecule has 0 atom stereocenters. The number of hydrogen-bond donors (Lipinski definition) is 0. The van der Waals surface area contributed by atoms with Crippen molar-refractivity contribution >= 4 is 17.3 Å².